The zero-order valence-corrected chi connectivity index (χ0v) is 17.6. The highest BCUT2D eigenvalue weighted by Crippen LogP contribution is 2.33. The van der Waals surface area contributed by atoms with Gasteiger partial charge in [0.25, 0.3) is 5.91 Å². The molecule has 0 aliphatic rings. The van der Waals surface area contributed by atoms with E-state index >= 15 is 0 Å². The normalized spacial score (nSPS) is 11.1. The standard InChI is InChI=1S/C25H23N3O3/c1-16-9-11-20-19(13-16)23(18-7-5-4-6-8-18)24(27-20)25(29)28-26-15-17-10-12-21(30-2)22(14-17)31-3/h4-15,27H,1-3H3,(H,28,29). The molecule has 0 atom stereocenters. The van der Waals surface area contributed by atoms with Crippen LogP contribution in [0, 0.1) is 6.92 Å². The summed E-state index contributed by atoms with van der Waals surface area (Å²) in [7, 11) is 3.15. The van der Waals surface area contributed by atoms with Gasteiger partial charge < -0.3 is 14.5 Å². The Labute approximate surface area is 180 Å². The van der Waals surface area contributed by atoms with Gasteiger partial charge in [-0.2, -0.15) is 5.10 Å². The van der Waals surface area contributed by atoms with Crippen LogP contribution in [0.1, 0.15) is 21.6 Å². The molecule has 0 radical (unpaired) electrons. The van der Waals surface area contributed by atoms with E-state index in [1.54, 1.807) is 32.6 Å². The van der Waals surface area contributed by atoms with E-state index in [1.807, 2.05) is 55.5 Å². The number of aromatic amines is 1. The first-order valence-electron chi connectivity index (χ1n) is 9.84. The lowest BCUT2D eigenvalue weighted by Gasteiger charge is -2.07. The summed E-state index contributed by atoms with van der Waals surface area (Å²) < 4.78 is 10.5. The highest BCUT2D eigenvalue weighted by atomic mass is 16.5. The van der Waals surface area contributed by atoms with Crippen molar-refractivity contribution in [3.05, 3.63) is 83.6 Å². The second kappa shape index (κ2) is 8.75. The summed E-state index contributed by atoms with van der Waals surface area (Å²) in [5.74, 6) is 0.907. The van der Waals surface area contributed by atoms with Gasteiger partial charge in [0.15, 0.2) is 11.5 Å². The number of hydrogen-bond donors (Lipinski definition) is 2. The monoisotopic (exact) mass is 413 g/mol. The number of carbonyl (C=O) groups excluding carboxylic acids is 1. The average Bonchev–Trinajstić information content (AvgIpc) is 3.18. The number of ether oxygens (including phenoxy) is 2. The highest BCUT2D eigenvalue weighted by molar-refractivity contribution is 6.10. The minimum Gasteiger partial charge on any atom is -0.493 e. The highest BCUT2D eigenvalue weighted by Gasteiger charge is 2.19. The molecular formula is C25H23N3O3. The maximum atomic E-state index is 13.0. The molecule has 4 rings (SSSR count). The van der Waals surface area contributed by atoms with Gasteiger partial charge in [0, 0.05) is 16.5 Å². The van der Waals surface area contributed by atoms with Crippen molar-refractivity contribution in [3.8, 4) is 22.6 Å². The number of nitrogens with one attached hydrogen (secondary N) is 2. The van der Waals surface area contributed by atoms with Gasteiger partial charge in [-0.15, -0.1) is 0 Å². The number of methoxy groups -OCH3 is 2. The molecule has 1 amide bonds. The third-order valence-corrected chi connectivity index (χ3v) is 5.03. The smallest absolute Gasteiger partial charge is 0.288 e. The molecule has 0 unspecified atom stereocenters. The molecule has 31 heavy (non-hydrogen) atoms. The Balaban J connectivity index is 1.65. The quantitative estimate of drug-likeness (QED) is 0.348. The fraction of sp³-hybridized carbons (Fsp3) is 0.120. The molecular weight excluding hydrogens is 390 g/mol. The van der Waals surface area contributed by atoms with Crippen LogP contribution in [0.2, 0.25) is 0 Å². The molecule has 1 heterocycles. The maximum absolute atomic E-state index is 13.0. The van der Waals surface area contributed by atoms with Gasteiger partial charge in [0.2, 0.25) is 0 Å². The SMILES string of the molecule is COc1ccc(C=NNC(=O)c2[nH]c3ccc(C)cc3c2-c2ccccc2)cc1OC. The summed E-state index contributed by atoms with van der Waals surface area (Å²) in [6.45, 7) is 2.04. The van der Waals surface area contributed by atoms with Crippen molar-refractivity contribution in [2.24, 2.45) is 5.10 Å². The fourth-order valence-electron chi connectivity index (χ4n) is 3.54. The molecule has 6 nitrogen and oxygen atoms in total. The molecule has 3 aromatic carbocycles. The first-order chi connectivity index (χ1) is 15.1. The lowest BCUT2D eigenvalue weighted by atomic mass is 10.0. The zero-order valence-electron chi connectivity index (χ0n) is 17.6. The van der Waals surface area contributed by atoms with Gasteiger partial charge in [-0.25, -0.2) is 5.43 Å². The van der Waals surface area contributed by atoms with Gasteiger partial charge in [0.05, 0.1) is 20.4 Å². The Hall–Kier alpha value is -4.06. The van der Waals surface area contributed by atoms with Crippen LogP contribution in [0.15, 0.2) is 71.8 Å². The topological polar surface area (TPSA) is 75.7 Å². The predicted octanol–water partition coefficient (Wildman–Crippen LogP) is 4.92. The van der Waals surface area contributed by atoms with E-state index in [0.717, 1.165) is 33.2 Å². The van der Waals surface area contributed by atoms with Crippen molar-refractivity contribution in [3.63, 3.8) is 0 Å². The van der Waals surface area contributed by atoms with E-state index in [9.17, 15) is 4.79 Å². The lowest BCUT2D eigenvalue weighted by Crippen LogP contribution is -2.18. The van der Waals surface area contributed by atoms with Crippen LogP contribution in [0.25, 0.3) is 22.0 Å². The van der Waals surface area contributed by atoms with Crippen LogP contribution < -0.4 is 14.9 Å². The van der Waals surface area contributed by atoms with Crippen molar-refractivity contribution in [2.75, 3.05) is 14.2 Å². The van der Waals surface area contributed by atoms with E-state index in [4.69, 9.17) is 9.47 Å². The third-order valence-electron chi connectivity index (χ3n) is 5.03. The number of aryl methyl sites for hydroxylation is 1. The molecule has 0 spiro atoms. The Bertz CT molecular complexity index is 1260. The minimum atomic E-state index is -0.315. The van der Waals surface area contributed by atoms with Crippen molar-refractivity contribution in [1.82, 2.24) is 10.4 Å². The van der Waals surface area contributed by atoms with Gasteiger partial charge in [-0.1, -0.05) is 42.0 Å². The number of carbonyl (C=O) groups is 1. The van der Waals surface area contributed by atoms with E-state index < -0.39 is 0 Å². The first-order valence-corrected chi connectivity index (χ1v) is 9.84. The van der Waals surface area contributed by atoms with Crippen LogP contribution in [0.5, 0.6) is 11.5 Å². The second-order valence-electron chi connectivity index (χ2n) is 7.10. The molecule has 4 aromatic rings. The lowest BCUT2D eigenvalue weighted by molar-refractivity contribution is 0.0951. The Kier molecular flexibility index (Phi) is 5.71. The van der Waals surface area contributed by atoms with Crippen LogP contribution in [-0.2, 0) is 0 Å². The number of hydrazone groups is 1. The van der Waals surface area contributed by atoms with Gasteiger partial charge in [-0.05, 0) is 48.4 Å². The minimum absolute atomic E-state index is 0.315. The maximum Gasteiger partial charge on any atom is 0.288 e. The third kappa shape index (κ3) is 4.14. The molecule has 0 fully saturated rings. The van der Waals surface area contributed by atoms with Crippen molar-refractivity contribution >= 4 is 23.0 Å². The number of H-pyrrole nitrogens is 1. The Morgan fingerprint density at radius 1 is 0.968 bits per heavy atom. The van der Waals surface area contributed by atoms with Gasteiger partial charge in [0.1, 0.15) is 5.69 Å². The molecule has 156 valence electrons. The molecule has 0 bridgehead atoms. The summed E-state index contributed by atoms with van der Waals surface area (Å²) >= 11 is 0. The van der Waals surface area contributed by atoms with Gasteiger partial charge in [-0.3, -0.25) is 4.79 Å². The van der Waals surface area contributed by atoms with Crippen LogP contribution in [0.3, 0.4) is 0 Å². The van der Waals surface area contributed by atoms with Crippen LogP contribution in [0.4, 0.5) is 0 Å². The van der Waals surface area contributed by atoms with Crippen LogP contribution >= 0.6 is 0 Å². The number of nitrogens with zero attached hydrogens (tertiary/aromatic N) is 1. The molecule has 0 aliphatic carbocycles. The number of fused-ring (bicyclic) bond motifs is 1. The van der Waals surface area contributed by atoms with Crippen molar-refractivity contribution in [2.45, 2.75) is 6.92 Å². The zero-order chi connectivity index (χ0) is 21.8. The fourth-order valence-corrected chi connectivity index (χ4v) is 3.54. The number of amides is 1. The molecule has 6 heteroatoms. The summed E-state index contributed by atoms with van der Waals surface area (Å²) in [6, 6.07) is 21.4. The largest absolute Gasteiger partial charge is 0.493 e. The molecule has 0 aliphatic heterocycles. The van der Waals surface area contributed by atoms with E-state index in [0.29, 0.717) is 17.2 Å². The molecule has 2 N–H and O–H groups in total. The summed E-state index contributed by atoms with van der Waals surface area (Å²) in [4.78, 5) is 16.3. The predicted molar refractivity (Wildman–Crippen MR) is 123 cm³/mol. The summed E-state index contributed by atoms with van der Waals surface area (Å²) in [6.07, 6.45) is 1.56. The Morgan fingerprint density at radius 2 is 1.74 bits per heavy atom. The van der Waals surface area contributed by atoms with E-state index in [1.165, 1.54) is 0 Å². The molecule has 0 saturated carbocycles. The van der Waals surface area contributed by atoms with E-state index in [-0.39, 0.29) is 5.91 Å². The van der Waals surface area contributed by atoms with Crippen molar-refractivity contribution < 1.29 is 14.3 Å². The number of hydrogen-bond acceptors (Lipinski definition) is 4. The number of benzene rings is 3. The molecule has 1 aromatic heterocycles. The average molecular weight is 413 g/mol. The Morgan fingerprint density at radius 3 is 2.48 bits per heavy atom. The first kappa shape index (κ1) is 20.2. The number of aromatic nitrogens is 1. The second-order valence-corrected chi connectivity index (χ2v) is 7.10. The van der Waals surface area contributed by atoms with Crippen LogP contribution in [-0.4, -0.2) is 31.3 Å². The summed E-state index contributed by atoms with van der Waals surface area (Å²) in [5, 5.41) is 5.13. The molecule has 0 saturated heterocycles. The van der Waals surface area contributed by atoms with Crippen molar-refractivity contribution in [1.29, 1.82) is 0 Å². The summed E-state index contributed by atoms with van der Waals surface area (Å²) in [5.41, 5.74) is 7.72. The number of rotatable bonds is 6. The van der Waals surface area contributed by atoms with E-state index in [2.05, 4.69) is 21.6 Å². The van der Waals surface area contributed by atoms with Gasteiger partial charge >= 0.3 is 0 Å².